The SMILES string of the molecule is O=C(Nc1ccc(F)c([N+](=O)[O-])c1)c1ccc(F)nc1. The summed E-state index contributed by atoms with van der Waals surface area (Å²) in [6.07, 6.45) is 1.02. The van der Waals surface area contributed by atoms with E-state index < -0.39 is 28.3 Å². The fourth-order valence-electron chi connectivity index (χ4n) is 1.44. The molecule has 0 fully saturated rings. The van der Waals surface area contributed by atoms with E-state index >= 15 is 0 Å². The summed E-state index contributed by atoms with van der Waals surface area (Å²) in [7, 11) is 0. The largest absolute Gasteiger partial charge is 0.322 e. The van der Waals surface area contributed by atoms with Gasteiger partial charge in [-0.2, -0.15) is 8.78 Å². The van der Waals surface area contributed by atoms with Crippen LogP contribution in [0.25, 0.3) is 0 Å². The van der Waals surface area contributed by atoms with Crippen LogP contribution in [-0.4, -0.2) is 15.8 Å². The molecular weight excluding hydrogens is 272 g/mol. The Bertz CT molecular complexity index is 674. The minimum Gasteiger partial charge on any atom is -0.322 e. The Balaban J connectivity index is 2.21. The quantitative estimate of drug-likeness (QED) is 0.531. The zero-order valence-electron chi connectivity index (χ0n) is 9.84. The van der Waals surface area contributed by atoms with Gasteiger partial charge < -0.3 is 5.32 Å². The summed E-state index contributed by atoms with van der Waals surface area (Å²) >= 11 is 0. The molecule has 1 N–H and O–H groups in total. The summed E-state index contributed by atoms with van der Waals surface area (Å²) in [6.45, 7) is 0. The number of hydrogen-bond acceptors (Lipinski definition) is 4. The van der Waals surface area contributed by atoms with Crippen LogP contribution in [0.4, 0.5) is 20.2 Å². The minimum absolute atomic E-state index is 0.0485. The lowest BCUT2D eigenvalue weighted by Crippen LogP contribution is -2.12. The van der Waals surface area contributed by atoms with Crippen LogP contribution < -0.4 is 5.32 Å². The van der Waals surface area contributed by atoms with Crippen molar-refractivity contribution in [1.82, 2.24) is 4.98 Å². The second kappa shape index (κ2) is 5.39. The predicted octanol–water partition coefficient (Wildman–Crippen LogP) is 2.52. The summed E-state index contributed by atoms with van der Waals surface area (Å²) in [6, 6.07) is 5.15. The zero-order chi connectivity index (χ0) is 14.7. The second-order valence-electron chi connectivity index (χ2n) is 3.75. The molecule has 1 heterocycles. The highest BCUT2D eigenvalue weighted by Gasteiger charge is 2.15. The molecular formula is C12H7F2N3O3. The first-order chi connectivity index (χ1) is 9.47. The number of pyridine rings is 1. The van der Waals surface area contributed by atoms with Gasteiger partial charge in [-0.15, -0.1) is 0 Å². The molecule has 0 aliphatic carbocycles. The molecule has 0 atom stereocenters. The van der Waals surface area contributed by atoms with Crippen molar-refractivity contribution >= 4 is 17.3 Å². The number of aromatic nitrogens is 1. The minimum atomic E-state index is -1.00. The van der Waals surface area contributed by atoms with Crippen molar-refractivity contribution in [3.05, 3.63) is 64.0 Å². The van der Waals surface area contributed by atoms with Gasteiger partial charge >= 0.3 is 5.69 Å². The van der Waals surface area contributed by atoms with E-state index in [4.69, 9.17) is 0 Å². The highest BCUT2D eigenvalue weighted by molar-refractivity contribution is 6.04. The first kappa shape index (κ1) is 13.5. The molecule has 0 radical (unpaired) electrons. The van der Waals surface area contributed by atoms with Crippen LogP contribution in [0.15, 0.2) is 36.5 Å². The Kier molecular flexibility index (Phi) is 3.65. The molecule has 6 nitrogen and oxygen atoms in total. The number of anilines is 1. The number of hydrogen-bond donors (Lipinski definition) is 1. The lowest BCUT2D eigenvalue weighted by atomic mass is 10.2. The van der Waals surface area contributed by atoms with Gasteiger partial charge in [0.05, 0.1) is 10.5 Å². The number of rotatable bonds is 3. The van der Waals surface area contributed by atoms with Gasteiger partial charge in [-0.1, -0.05) is 0 Å². The van der Waals surface area contributed by atoms with E-state index in [9.17, 15) is 23.7 Å². The van der Waals surface area contributed by atoms with Crippen LogP contribution >= 0.6 is 0 Å². The van der Waals surface area contributed by atoms with Crippen molar-refractivity contribution in [1.29, 1.82) is 0 Å². The fraction of sp³-hybridized carbons (Fsp3) is 0. The molecule has 1 amide bonds. The maximum absolute atomic E-state index is 13.1. The molecule has 0 spiro atoms. The molecule has 0 bridgehead atoms. The number of nitrogens with zero attached hydrogens (tertiary/aromatic N) is 2. The predicted molar refractivity (Wildman–Crippen MR) is 65.2 cm³/mol. The monoisotopic (exact) mass is 279 g/mol. The number of carbonyl (C=O) groups is 1. The van der Waals surface area contributed by atoms with Crippen molar-refractivity contribution in [2.45, 2.75) is 0 Å². The van der Waals surface area contributed by atoms with E-state index in [0.717, 1.165) is 24.4 Å². The maximum atomic E-state index is 13.1. The van der Waals surface area contributed by atoms with Crippen molar-refractivity contribution in [2.75, 3.05) is 5.32 Å². The number of nitrogens with one attached hydrogen (secondary N) is 1. The molecule has 1 aromatic carbocycles. The summed E-state index contributed by atoms with van der Waals surface area (Å²) in [4.78, 5) is 24.7. The molecule has 0 aliphatic rings. The van der Waals surface area contributed by atoms with Crippen LogP contribution in [0.5, 0.6) is 0 Å². The Hall–Kier alpha value is -2.90. The zero-order valence-corrected chi connectivity index (χ0v) is 9.84. The van der Waals surface area contributed by atoms with Crippen molar-refractivity contribution in [3.63, 3.8) is 0 Å². The maximum Gasteiger partial charge on any atom is 0.306 e. The topological polar surface area (TPSA) is 85.1 Å². The third-order valence-electron chi connectivity index (χ3n) is 2.39. The van der Waals surface area contributed by atoms with Gasteiger partial charge in [0.2, 0.25) is 11.8 Å². The molecule has 2 rings (SSSR count). The van der Waals surface area contributed by atoms with E-state index in [0.29, 0.717) is 0 Å². The smallest absolute Gasteiger partial charge is 0.306 e. The number of halogens is 2. The van der Waals surface area contributed by atoms with E-state index in [1.165, 1.54) is 12.1 Å². The van der Waals surface area contributed by atoms with Crippen LogP contribution in [0.3, 0.4) is 0 Å². The summed E-state index contributed by atoms with van der Waals surface area (Å²) in [5.74, 6) is -2.38. The second-order valence-corrected chi connectivity index (χ2v) is 3.75. The van der Waals surface area contributed by atoms with Gasteiger partial charge in [0, 0.05) is 18.0 Å². The normalized spacial score (nSPS) is 10.1. The van der Waals surface area contributed by atoms with Crippen LogP contribution in [-0.2, 0) is 0 Å². The summed E-state index contributed by atoms with van der Waals surface area (Å²) in [5, 5.41) is 12.9. The molecule has 8 heteroatoms. The molecule has 102 valence electrons. The highest BCUT2D eigenvalue weighted by Crippen LogP contribution is 2.22. The molecule has 2 aromatic rings. The molecule has 0 saturated heterocycles. The first-order valence-corrected chi connectivity index (χ1v) is 5.34. The summed E-state index contributed by atoms with van der Waals surface area (Å²) in [5.41, 5.74) is -0.633. The molecule has 0 saturated carbocycles. The van der Waals surface area contributed by atoms with Gasteiger partial charge in [-0.25, -0.2) is 4.98 Å². The van der Waals surface area contributed by atoms with Gasteiger partial charge in [-0.05, 0) is 24.3 Å². The van der Waals surface area contributed by atoms with Crippen molar-refractivity contribution in [3.8, 4) is 0 Å². The highest BCUT2D eigenvalue weighted by atomic mass is 19.1. The standard InChI is InChI=1S/C12H7F2N3O3/c13-9-3-2-8(5-10(9)17(19)20)16-12(18)7-1-4-11(14)15-6-7/h1-6H,(H,16,18). The van der Waals surface area contributed by atoms with E-state index in [-0.39, 0.29) is 11.3 Å². The number of nitro groups is 1. The van der Waals surface area contributed by atoms with Crippen LogP contribution in [0, 0.1) is 21.9 Å². The Morgan fingerprint density at radius 2 is 2.00 bits per heavy atom. The number of amides is 1. The third-order valence-corrected chi connectivity index (χ3v) is 2.39. The molecule has 1 aromatic heterocycles. The van der Waals surface area contributed by atoms with Gasteiger partial charge in [0.1, 0.15) is 0 Å². The Morgan fingerprint density at radius 3 is 2.60 bits per heavy atom. The van der Waals surface area contributed by atoms with E-state index in [1.807, 2.05) is 0 Å². The number of benzene rings is 1. The lowest BCUT2D eigenvalue weighted by molar-refractivity contribution is -0.387. The average molecular weight is 279 g/mol. The average Bonchev–Trinajstić information content (AvgIpc) is 2.41. The van der Waals surface area contributed by atoms with Gasteiger partial charge in [0.15, 0.2) is 0 Å². The Labute approximate surface area is 111 Å². The Morgan fingerprint density at radius 1 is 1.25 bits per heavy atom. The third kappa shape index (κ3) is 2.91. The first-order valence-electron chi connectivity index (χ1n) is 5.34. The van der Waals surface area contributed by atoms with Crippen LogP contribution in [0.2, 0.25) is 0 Å². The fourth-order valence-corrected chi connectivity index (χ4v) is 1.44. The van der Waals surface area contributed by atoms with Crippen molar-refractivity contribution in [2.24, 2.45) is 0 Å². The lowest BCUT2D eigenvalue weighted by Gasteiger charge is -2.05. The molecule has 20 heavy (non-hydrogen) atoms. The van der Waals surface area contributed by atoms with Gasteiger partial charge in [0.25, 0.3) is 5.91 Å². The van der Waals surface area contributed by atoms with Crippen LogP contribution in [0.1, 0.15) is 10.4 Å². The summed E-state index contributed by atoms with van der Waals surface area (Å²) < 4.78 is 25.7. The van der Waals surface area contributed by atoms with E-state index in [1.54, 1.807) is 0 Å². The van der Waals surface area contributed by atoms with Gasteiger partial charge in [-0.3, -0.25) is 14.9 Å². The number of nitro benzene ring substituents is 1. The number of carbonyl (C=O) groups excluding carboxylic acids is 1. The van der Waals surface area contributed by atoms with E-state index in [2.05, 4.69) is 10.3 Å². The molecule has 0 unspecified atom stereocenters. The van der Waals surface area contributed by atoms with Crippen molar-refractivity contribution < 1.29 is 18.5 Å². The molecule has 0 aliphatic heterocycles.